The zero-order valence-electron chi connectivity index (χ0n) is 22.0. The van der Waals surface area contributed by atoms with Crippen molar-refractivity contribution < 1.29 is 5.11 Å². The van der Waals surface area contributed by atoms with Crippen LogP contribution in [0.25, 0.3) is 0 Å². The molecule has 33 heavy (non-hydrogen) atoms. The highest BCUT2D eigenvalue weighted by Gasteiger charge is 2.30. The van der Waals surface area contributed by atoms with Gasteiger partial charge in [0.1, 0.15) is 0 Å². The van der Waals surface area contributed by atoms with Gasteiger partial charge < -0.3 is 5.11 Å². The zero-order chi connectivity index (χ0) is 23.6. The fraction of sp³-hybridized carbons (Fsp3) is 0.800. The molecule has 0 bridgehead atoms. The van der Waals surface area contributed by atoms with E-state index < -0.39 is 0 Å². The van der Waals surface area contributed by atoms with E-state index in [2.05, 4.69) is 54.0 Å². The highest BCUT2D eigenvalue weighted by Crippen LogP contribution is 2.23. The van der Waals surface area contributed by atoms with Crippen LogP contribution in [0.5, 0.6) is 0 Å². The number of hydrogen-bond acceptors (Lipinski definition) is 3. The summed E-state index contributed by atoms with van der Waals surface area (Å²) in [5.74, 6) is 0.878. The second-order valence-electron chi connectivity index (χ2n) is 10.8. The van der Waals surface area contributed by atoms with Gasteiger partial charge in [0.25, 0.3) is 0 Å². The molecule has 2 rings (SSSR count). The largest absolute Gasteiger partial charge is 0.395 e. The SMILES string of the molecule is CC(C)CCCCCCCCCCCCCCCC1N(CCO)CCN1Cc1ccccc1. The lowest BCUT2D eigenvalue weighted by Gasteiger charge is -2.30. The van der Waals surface area contributed by atoms with Gasteiger partial charge in [-0.3, -0.25) is 9.80 Å². The number of rotatable bonds is 20. The van der Waals surface area contributed by atoms with Crippen molar-refractivity contribution in [1.82, 2.24) is 9.80 Å². The van der Waals surface area contributed by atoms with Gasteiger partial charge in [-0.1, -0.05) is 134 Å². The minimum atomic E-state index is 0.272. The molecule has 0 aromatic heterocycles. The van der Waals surface area contributed by atoms with Crippen LogP contribution in [-0.2, 0) is 6.54 Å². The minimum Gasteiger partial charge on any atom is -0.395 e. The van der Waals surface area contributed by atoms with E-state index in [0.717, 1.165) is 32.1 Å². The highest BCUT2D eigenvalue weighted by atomic mass is 16.3. The number of nitrogens with zero attached hydrogens (tertiary/aromatic N) is 2. The van der Waals surface area contributed by atoms with Crippen molar-refractivity contribution in [3.8, 4) is 0 Å². The lowest BCUT2D eigenvalue weighted by molar-refractivity contribution is 0.100. The van der Waals surface area contributed by atoms with Crippen molar-refractivity contribution in [2.75, 3.05) is 26.2 Å². The number of aliphatic hydroxyl groups is 1. The van der Waals surface area contributed by atoms with Gasteiger partial charge in [-0.05, 0) is 17.9 Å². The quantitative estimate of drug-likeness (QED) is 0.203. The van der Waals surface area contributed by atoms with Gasteiger partial charge >= 0.3 is 0 Å². The molecule has 1 unspecified atom stereocenters. The molecule has 1 aliphatic heterocycles. The van der Waals surface area contributed by atoms with Gasteiger partial charge in [-0.15, -0.1) is 0 Å². The monoisotopic (exact) mass is 458 g/mol. The van der Waals surface area contributed by atoms with Crippen LogP contribution in [0.2, 0.25) is 0 Å². The maximum absolute atomic E-state index is 9.47. The molecule has 0 aliphatic carbocycles. The molecule has 1 heterocycles. The molecule has 1 aromatic rings. The van der Waals surface area contributed by atoms with E-state index in [-0.39, 0.29) is 6.61 Å². The molecule has 1 fully saturated rings. The number of aliphatic hydroxyl groups excluding tert-OH is 1. The molecular formula is C30H54N2O. The first kappa shape index (κ1) is 28.3. The van der Waals surface area contributed by atoms with Crippen molar-refractivity contribution >= 4 is 0 Å². The van der Waals surface area contributed by atoms with Gasteiger partial charge in [0.2, 0.25) is 0 Å². The predicted octanol–water partition coefficient (Wildman–Crippen LogP) is 7.63. The van der Waals surface area contributed by atoms with Crippen LogP contribution in [-0.4, -0.2) is 47.3 Å². The summed E-state index contributed by atoms with van der Waals surface area (Å²) in [6.45, 7) is 9.01. The summed E-state index contributed by atoms with van der Waals surface area (Å²) in [6, 6.07) is 10.8. The van der Waals surface area contributed by atoms with E-state index >= 15 is 0 Å². The average molecular weight is 459 g/mol. The number of benzene rings is 1. The summed E-state index contributed by atoms with van der Waals surface area (Å²) in [7, 11) is 0. The van der Waals surface area contributed by atoms with Crippen molar-refractivity contribution in [2.24, 2.45) is 5.92 Å². The molecule has 1 aliphatic rings. The van der Waals surface area contributed by atoms with Crippen LogP contribution in [0.3, 0.4) is 0 Å². The van der Waals surface area contributed by atoms with Gasteiger partial charge in [0.05, 0.1) is 12.8 Å². The van der Waals surface area contributed by atoms with Gasteiger partial charge in [0, 0.05) is 26.2 Å². The van der Waals surface area contributed by atoms with Crippen molar-refractivity contribution in [1.29, 1.82) is 0 Å². The van der Waals surface area contributed by atoms with Gasteiger partial charge in [0.15, 0.2) is 0 Å². The molecule has 0 saturated carbocycles. The Morgan fingerprint density at radius 3 is 1.79 bits per heavy atom. The molecule has 3 nitrogen and oxygen atoms in total. The smallest absolute Gasteiger partial charge is 0.0627 e. The summed E-state index contributed by atoms with van der Waals surface area (Å²) >= 11 is 0. The van der Waals surface area contributed by atoms with Crippen molar-refractivity contribution in [2.45, 2.75) is 123 Å². The van der Waals surface area contributed by atoms with Gasteiger partial charge in [-0.25, -0.2) is 0 Å². The van der Waals surface area contributed by atoms with Crippen LogP contribution in [0.15, 0.2) is 30.3 Å². The van der Waals surface area contributed by atoms with Crippen LogP contribution in [0.1, 0.15) is 116 Å². The maximum Gasteiger partial charge on any atom is 0.0627 e. The molecule has 190 valence electrons. The zero-order valence-corrected chi connectivity index (χ0v) is 22.0. The van der Waals surface area contributed by atoms with Crippen LogP contribution < -0.4 is 0 Å². The first-order chi connectivity index (χ1) is 16.2. The van der Waals surface area contributed by atoms with Crippen molar-refractivity contribution in [3.05, 3.63) is 35.9 Å². The molecule has 1 atom stereocenters. The van der Waals surface area contributed by atoms with E-state index in [1.165, 1.54) is 102 Å². The Hall–Kier alpha value is -0.900. The van der Waals surface area contributed by atoms with Gasteiger partial charge in [-0.2, -0.15) is 0 Å². The third kappa shape index (κ3) is 12.9. The molecule has 0 spiro atoms. The minimum absolute atomic E-state index is 0.272. The number of β-amino-alcohol motifs (C(OH)–C–C–N with tert-alkyl or cyclic N) is 1. The van der Waals surface area contributed by atoms with Crippen LogP contribution >= 0.6 is 0 Å². The summed E-state index contributed by atoms with van der Waals surface area (Å²) in [5, 5.41) is 9.47. The summed E-state index contributed by atoms with van der Waals surface area (Å²) < 4.78 is 0. The highest BCUT2D eigenvalue weighted by molar-refractivity contribution is 5.14. The summed E-state index contributed by atoms with van der Waals surface area (Å²) in [5.41, 5.74) is 1.40. The molecule has 0 amide bonds. The first-order valence-electron chi connectivity index (χ1n) is 14.3. The third-order valence-corrected chi connectivity index (χ3v) is 7.38. The second-order valence-corrected chi connectivity index (χ2v) is 10.8. The molecule has 1 N–H and O–H groups in total. The molecular weight excluding hydrogens is 404 g/mol. The third-order valence-electron chi connectivity index (χ3n) is 7.38. The Labute approximate surface area is 205 Å². The molecule has 1 aromatic carbocycles. The predicted molar refractivity (Wildman–Crippen MR) is 143 cm³/mol. The molecule has 0 radical (unpaired) electrons. The van der Waals surface area contributed by atoms with Crippen molar-refractivity contribution in [3.63, 3.8) is 0 Å². The Bertz CT molecular complexity index is 562. The Morgan fingerprint density at radius 2 is 1.24 bits per heavy atom. The Morgan fingerprint density at radius 1 is 0.727 bits per heavy atom. The topological polar surface area (TPSA) is 26.7 Å². The summed E-state index contributed by atoms with van der Waals surface area (Å²) in [6.07, 6.45) is 21.6. The second kappa shape index (κ2) is 18.4. The lowest BCUT2D eigenvalue weighted by atomic mass is 10.0. The van der Waals surface area contributed by atoms with E-state index in [4.69, 9.17) is 0 Å². The van der Waals surface area contributed by atoms with E-state index in [9.17, 15) is 5.11 Å². The number of unbranched alkanes of at least 4 members (excludes halogenated alkanes) is 12. The van der Waals surface area contributed by atoms with E-state index in [1.807, 2.05) is 0 Å². The Balaban J connectivity index is 1.46. The lowest BCUT2D eigenvalue weighted by Crippen LogP contribution is -2.39. The molecule has 1 saturated heterocycles. The van der Waals surface area contributed by atoms with Crippen LogP contribution in [0.4, 0.5) is 0 Å². The van der Waals surface area contributed by atoms with Crippen LogP contribution in [0, 0.1) is 5.92 Å². The fourth-order valence-electron chi connectivity index (χ4n) is 5.37. The molecule has 3 heteroatoms. The Kier molecular flexibility index (Phi) is 15.8. The maximum atomic E-state index is 9.47. The van der Waals surface area contributed by atoms with E-state index in [0.29, 0.717) is 6.17 Å². The fourth-order valence-corrected chi connectivity index (χ4v) is 5.37. The normalized spacial score (nSPS) is 17.4. The summed E-state index contributed by atoms with van der Waals surface area (Å²) in [4.78, 5) is 5.11. The average Bonchev–Trinajstić information content (AvgIpc) is 3.18. The first-order valence-corrected chi connectivity index (χ1v) is 14.3. The van der Waals surface area contributed by atoms with E-state index in [1.54, 1.807) is 0 Å². The standard InChI is InChI=1S/C30H54N2O/c1-28(2)19-15-12-10-8-6-4-3-5-7-9-11-13-18-22-30-31(25-26-33)23-24-32(30)27-29-20-16-14-17-21-29/h14,16-17,20-21,28,30,33H,3-13,15,18-19,22-27H2,1-2H3. The number of hydrogen-bond donors (Lipinski definition) is 1.